The second kappa shape index (κ2) is 5.96. The lowest BCUT2D eigenvalue weighted by Crippen LogP contribution is -2.01. The summed E-state index contributed by atoms with van der Waals surface area (Å²) in [6.07, 6.45) is 1.74. The van der Waals surface area contributed by atoms with Crippen molar-refractivity contribution in [3.05, 3.63) is 24.4 Å². The zero-order chi connectivity index (χ0) is 13.8. The molecule has 2 rings (SSSR count). The summed E-state index contributed by atoms with van der Waals surface area (Å²) in [5.41, 5.74) is 0. The fourth-order valence-corrected chi connectivity index (χ4v) is 2.20. The van der Waals surface area contributed by atoms with Gasteiger partial charge in [0.2, 0.25) is 11.0 Å². The lowest BCUT2D eigenvalue weighted by Gasteiger charge is -2.05. The van der Waals surface area contributed by atoms with Gasteiger partial charge in [-0.05, 0) is 17.4 Å². The summed E-state index contributed by atoms with van der Waals surface area (Å²) in [5.74, 6) is 1.55. The monoisotopic (exact) mass is 280 g/mol. The summed E-state index contributed by atoms with van der Waals surface area (Å²) < 4.78 is 6.93. The minimum Gasteiger partial charge on any atom is -0.338 e. The molecule has 7 nitrogen and oxygen atoms in total. The van der Waals surface area contributed by atoms with E-state index in [0.29, 0.717) is 23.4 Å². The van der Waals surface area contributed by atoms with Crippen molar-refractivity contribution in [1.82, 2.24) is 30.3 Å². The molecule has 0 spiro atoms. The Bertz CT molecular complexity index is 549. The third-order valence-corrected chi connectivity index (χ3v) is 3.46. The summed E-state index contributed by atoms with van der Waals surface area (Å²) in [6.45, 7) is 10.3. The van der Waals surface area contributed by atoms with Crippen LogP contribution in [-0.4, -0.2) is 30.3 Å². The second-order valence-electron chi connectivity index (χ2n) is 4.34. The number of aromatic nitrogens is 6. The van der Waals surface area contributed by atoms with Gasteiger partial charge in [0.1, 0.15) is 0 Å². The number of hydrogen-bond acceptors (Lipinski definition) is 7. The van der Waals surface area contributed by atoms with Crippen molar-refractivity contribution in [3.63, 3.8) is 0 Å². The van der Waals surface area contributed by atoms with Crippen molar-refractivity contribution in [1.29, 1.82) is 0 Å². The Balaban J connectivity index is 2.09. The molecule has 0 fully saturated rings. The average molecular weight is 280 g/mol. The number of hydrogen-bond donors (Lipinski definition) is 0. The summed E-state index contributed by atoms with van der Waals surface area (Å²) in [5, 5.41) is 16.2. The maximum Gasteiger partial charge on any atom is 0.239 e. The van der Waals surface area contributed by atoms with Crippen LogP contribution in [0.5, 0.6) is 0 Å². The minimum absolute atomic E-state index is 0.00503. The van der Waals surface area contributed by atoms with Crippen LogP contribution in [0.25, 0.3) is 0 Å². The zero-order valence-electron chi connectivity index (χ0n) is 11.1. The van der Waals surface area contributed by atoms with Gasteiger partial charge in [0.25, 0.3) is 0 Å². The molecule has 0 N–H and O–H groups in total. The van der Waals surface area contributed by atoms with Crippen molar-refractivity contribution in [2.24, 2.45) is 0 Å². The van der Waals surface area contributed by atoms with Crippen LogP contribution in [0.4, 0.5) is 0 Å². The molecule has 0 aliphatic rings. The van der Waals surface area contributed by atoms with Gasteiger partial charge < -0.3 is 4.52 Å². The van der Waals surface area contributed by atoms with Crippen LogP contribution in [0.3, 0.4) is 0 Å². The predicted octanol–water partition coefficient (Wildman–Crippen LogP) is 2.22. The Labute approximate surface area is 115 Å². The lowest BCUT2D eigenvalue weighted by atomic mass is 10.2. The Morgan fingerprint density at radius 1 is 1.42 bits per heavy atom. The Kier molecular flexibility index (Phi) is 4.31. The van der Waals surface area contributed by atoms with E-state index < -0.39 is 0 Å². The molecular formula is C11H16N6OS. The van der Waals surface area contributed by atoms with Crippen LogP contribution in [0.2, 0.25) is 0 Å². The van der Waals surface area contributed by atoms with Crippen molar-refractivity contribution in [2.75, 3.05) is 0 Å². The van der Waals surface area contributed by atoms with E-state index in [1.807, 2.05) is 20.8 Å². The standard InChI is InChI=1S/C11H16N6OS/c1-5-6-17-11(13-15-16-17)19-8(4)10-12-9(7(2)3)14-18-10/h5,7-8H,1,6H2,2-4H3. The van der Waals surface area contributed by atoms with E-state index in [1.165, 1.54) is 11.8 Å². The van der Waals surface area contributed by atoms with Crippen LogP contribution in [0.15, 0.2) is 22.3 Å². The van der Waals surface area contributed by atoms with Gasteiger partial charge >= 0.3 is 0 Å². The SMILES string of the molecule is C=CCn1nnnc1SC(C)c1nc(C(C)C)no1. The molecule has 1 atom stereocenters. The first-order valence-electron chi connectivity index (χ1n) is 5.99. The smallest absolute Gasteiger partial charge is 0.239 e. The molecule has 0 aliphatic heterocycles. The molecule has 0 radical (unpaired) electrons. The van der Waals surface area contributed by atoms with E-state index in [4.69, 9.17) is 4.52 Å². The summed E-state index contributed by atoms with van der Waals surface area (Å²) >= 11 is 1.48. The van der Waals surface area contributed by atoms with E-state index in [0.717, 1.165) is 0 Å². The molecule has 0 bridgehead atoms. The van der Waals surface area contributed by atoms with Gasteiger partial charge in [-0.15, -0.1) is 11.7 Å². The highest BCUT2D eigenvalue weighted by molar-refractivity contribution is 7.99. The van der Waals surface area contributed by atoms with Crippen molar-refractivity contribution < 1.29 is 4.52 Å². The first kappa shape index (κ1) is 13.7. The molecule has 2 aromatic rings. The molecule has 0 aliphatic carbocycles. The third-order valence-electron chi connectivity index (χ3n) is 2.40. The number of thioether (sulfide) groups is 1. The number of rotatable bonds is 6. The first-order chi connectivity index (χ1) is 9.11. The Morgan fingerprint density at radius 2 is 2.21 bits per heavy atom. The normalized spacial score (nSPS) is 12.8. The van der Waals surface area contributed by atoms with Gasteiger partial charge in [-0.3, -0.25) is 0 Å². The fourth-order valence-electron chi connectivity index (χ4n) is 1.37. The molecule has 1 unspecified atom stereocenters. The lowest BCUT2D eigenvalue weighted by molar-refractivity contribution is 0.372. The highest BCUT2D eigenvalue weighted by atomic mass is 32.2. The second-order valence-corrected chi connectivity index (χ2v) is 5.65. The van der Waals surface area contributed by atoms with Crippen LogP contribution >= 0.6 is 11.8 Å². The molecule has 8 heteroatoms. The minimum atomic E-state index is -0.00503. The topological polar surface area (TPSA) is 82.5 Å². The Morgan fingerprint density at radius 3 is 2.84 bits per heavy atom. The molecular weight excluding hydrogens is 264 g/mol. The van der Waals surface area contributed by atoms with Crippen LogP contribution in [-0.2, 0) is 6.54 Å². The first-order valence-corrected chi connectivity index (χ1v) is 6.87. The van der Waals surface area contributed by atoms with Gasteiger partial charge in [0.15, 0.2) is 5.82 Å². The van der Waals surface area contributed by atoms with E-state index in [1.54, 1.807) is 10.8 Å². The van der Waals surface area contributed by atoms with Crippen molar-refractivity contribution in [2.45, 2.75) is 43.6 Å². The van der Waals surface area contributed by atoms with E-state index >= 15 is 0 Å². The number of nitrogens with zero attached hydrogens (tertiary/aromatic N) is 6. The average Bonchev–Trinajstić information content (AvgIpc) is 2.99. The van der Waals surface area contributed by atoms with Crippen LogP contribution in [0, 0.1) is 0 Å². The molecule has 2 heterocycles. The Hall–Kier alpha value is -1.70. The molecule has 19 heavy (non-hydrogen) atoms. The predicted molar refractivity (Wildman–Crippen MR) is 70.7 cm³/mol. The number of allylic oxidation sites excluding steroid dienone is 1. The molecule has 0 aromatic carbocycles. The zero-order valence-corrected chi connectivity index (χ0v) is 12.0. The molecule has 2 aromatic heterocycles. The molecule has 0 amide bonds. The van der Waals surface area contributed by atoms with Crippen LogP contribution < -0.4 is 0 Å². The number of tetrazole rings is 1. The van der Waals surface area contributed by atoms with Crippen molar-refractivity contribution >= 4 is 11.8 Å². The largest absolute Gasteiger partial charge is 0.338 e. The van der Waals surface area contributed by atoms with E-state index in [9.17, 15) is 0 Å². The summed E-state index contributed by atoms with van der Waals surface area (Å²) in [7, 11) is 0. The van der Waals surface area contributed by atoms with Gasteiger partial charge in [-0.2, -0.15) is 4.98 Å². The van der Waals surface area contributed by atoms with Gasteiger partial charge in [-0.1, -0.05) is 36.8 Å². The quantitative estimate of drug-likeness (QED) is 0.592. The summed E-state index contributed by atoms with van der Waals surface area (Å²) in [4.78, 5) is 4.37. The maximum atomic E-state index is 5.26. The molecule has 102 valence electrons. The van der Waals surface area contributed by atoms with Gasteiger partial charge in [-0.25, -0.2) is 4.68 Å². The summed E-state index contributed by atoms with van der Waals surface area (Å²) in [6, 6.07) is 0. The van der Waals surface area contributed by atoms with Gasteiger partial charge in [0, 0.05) is 5.92 Å². The highest BCUT2D eigenvalue weighted by Gasteiger charge is 2.19. The van der Waals surface area contributed by atoms with E-state index in [-0.39, 0.29) is 11.2 Å². The van der Waals surface area contributed by atoms with E-state index in [2.05, 4.69) is 32.2 Å². The maximum absolute atomic E-state index is 5.26. The highest BCUT2D eigenvalue weighted by Crippen LogP contribution is 2.32. The fraction of sp³-hybridized carbons (Fsp3) is 0.545. The van der Waals surface area contributed by atoms with Crippen LogP contribution in [0.1, 0.15) is 43.7 Å². The van der Waals surface area contributed by atoms with Crippen molar-refractivity contribution in [3.8, 4) is 0 Å². The van der Waals surface area contributed by atoms with Gasteiger partial charge in [0.05, 0.1) is 11.8 Å². The molecule has 0 saturated carbocycles. The third kappa shape index (κ3) is 3.19. The molecule has 0 saturated heterocycles.